The first-order valence-corrected chi connectivity index (χ1v) is 4.20. The second-order valence-corrected chi connectivity index (χ2v) is 2.98. The number of hydrogen-bond donors (Lipinski definition) is 0. The molecule has 0 bridgehead atoms. The topological polar surface area (TPSA) is 60.9 Å². The Morgan fingerprint density at radius 2 is 2.29 bits per heavy atom. The van der Waals surface area contributed by atoms with Gasteiger partial charge in [-0.1, -0.05) is 0 Å². The molecule has 0 aliphatic rings. The Kier molecular flexibility index (Phi) is 2.09. The van der Waals surface area contributed by atoms with Gasteiger partial charge in [0.25, 0.3) is 10.9 Å². The van der Waals surface area contributed by atoms with E-state index in [1.165, 1.54) is 16.9 Å². The van der Waals surface area contributed by atoms with E-state index >= 15 is 0 Å². The molecule has 0 saturated heterocycles. The molecule has 2 heterocycles. The molecule has 2 aromatic heterocycles. The summed E-state index contributed by atoms with van der Waals surface area (Å²) in [6.07, 6.45) is 1.45. The van der Waals surface area contributed by atoms with Crippen LogP contribution in [0.4, 0.5) is 0 Å². The number of nitrogens with zero attached hydrogens (tertiary/aromatic N) is 3. The fourth-order valence-electron chi connectivity index (χ4n) is 1.00. The average Bonchev–Trinajstić information content (AvgIpc) is 2.57. The Balaban J connectivity index is 2.52. The van der Waals surface area contributed by atoms with Crippen molar-refractivity contribution in [3.05, 3.63) is 34.0 Å². The van der Waals surface area contributed by atoms with Crippen molar-refractivity contribution < 1.29 is 4.42 Å². The fourth-order valence-corrected chi connectivity index (χ4v) is 1.14. The van der Waals surface area contributed by atoms with Gasteiger partial charge < -0.3 is 4.42 Å². The van der Waals surface area contributed by atoms with E-state index in [1.54, 1.807) is 13.1 Å². The summed E-state index contributed by atoms with van der Waals surface area (Å²) in [6, 6.07) is 2.96. The minimum atomic E-state index is -0.181. The molecule has 2 aromatic rings. The van der Waals surface area contributed by atoms with E-state index in [1.807, 2.05) is 0 Å². The van der Waals surface area contributed by atoms with Crippen molar-refractivity contribution >= 4 is 11.6 Å². The zero-order valence-electron chi connectivity index (χ0n) is 7.27. The molecule has 6 heteroatoms. The van der Waals surface area contributed by atoms with Crippen LogP contribution in [0, 0.1) is 0 Å². The van der Waals surface area contributed by atoms with Gasteiger partial charge in [-0.3, -0.25) is 4.79 Å². The summed E-state index contributed by atoms with van der Waals surface area (Å²) in [7, 11) is 1.56. The Morgan fingerprint density at radius 1 is 1.50 bits per heavy atom. The van der Waals surface area contributed by atoms with Crippen LogP contribution in [0.2, 0.25) is 5.35 Å². The maximum absolute atomic E-state index is 11.0. The third-order valence-corrected chi connectivity index (χ3v) is 1.87. The monoisotopic (exact) mass is 211 g/mol. The molecule has 0 fully saturated rings. The van der Waals surface area contributed by atoms with Crippen molar-refractivity contribution in [3.63, 3.8) is 0 Å². The zero-order valence-corrected chi connectivity index (χ0v) is 8.02. The van der Waals surface area contributed by atoms with E-state index in [2.05, 4.69) is 10.1 Å². The maximum Gasteiger partial charge on any atom is 0.292 e. The third kappa shape index (κ3) is 1.54. The highest BCUT2D eigenvalue weighted by atomic mass is 35.5. The van der Waals surface area contributed by atoms with Gasteiger partial charge in [-0.2, -0.15) is 5.10 Å². The van der Waals surface area contributed by atoms with E-state index in [0.717, 1.165) is 0 Å². The quantitative estimate of drug-likeness (QED) is 0.709. The maximum atomic E-state index is 11.0. The van der Waals surface area contributed by atoms with Crippen molar-refractivity contribution in [2.24, 2.45) is 7.05 Å². The Bertz CT molecular complexity index is 517. The van der Waals surface area contributed by atoms with Gasteiger partial charge in [0, 0.05) is 13.1 Å². The summed E-state index contributed by atoms with van der Waals surface area (Å²) in [5.74, 6) is 0.436. The lowest BCUT2D eigenvalue weighted by molar-refractivity contribution is 0.567. The molecule has 0 aliphatic heterocycles. The molecule has 0 aromatic carbocycles. The molecule has 0 spiro atoms. The fraction of sp³-hybridized carbons (Fsp3) is 0.125. The SMILES string of the molecule is Cn1nc(-c2cnc(Cl)o2)ccc1=O. The molecule has 72 valence electrons. The van der Waals surface area contributed by atoms with Crippen LogP contribution in [0.25, 0.3) is 11.5 Å². The molecule has 0 aliphatic carbocycles. The minimum absolute atomic E-state index is 0.0515. The standard InChI is InChI=1S/C8H6ClN3O2/c1-12-7(13)3-2-5(11-12)6-4-10-8(9)14-6/h2-4H,1H3. The van der Waals surface area contributed by atoms with Crippen LogP contribution in [0.5, 0.6) is 0 Å². The van der Waals surface area contributed by atoms with Gasteiger partial charge in [-0.05, 0) is 17.7 Å². The first-order valence-electron chi connectivity index (χ1n) is 3.83. The number of hydrogen-bond acceptors (Lipinski definition) is 4. The van der Waals surface area contributed by atoms with Gasteiger partial charge in [0.1, 0.15) is 5.69 Å². The summed E-state index contributed by atoms with van der Waals surface area (Å²) in [5.41, 5.74) is 0.339. The molecule has 0 radical (unpaired) electrons. The van der Waals surface area contributed by atoms with Crippen LogP contribution in [-0.4, -0.2) is 14.8 Å². The number of halogens is 1. The van der Waals surface area contributed by atoms with Gasteiger partial charge in [0.05, 0.1) is 6.20 Å². The predicted molar refractivity (Wildman–Crippen MR) is 50.0 cm³/mol. The Labute approximate surface area is 83.9 Å². The van der Waals surface area contributed by atoms with Crippen molar-refractivity contribution in [1.29, 1.82) is 0 Å². The van der Waals surface area contributed by atoms with E-state index < -0.39 is 0 Å². The highest BCUT2D eigenvalue weighted by Crippen LogP contribution is 2.18. The third-order valence-electron chi connectivity index (χ3n) is 1.69. The molecule has 14 heavy (non-hydrogen) atoms. The summed E-state index contributed by atoms with van der Waals surface area (Å²) in [6.45, 7) is 0. The lowest BCUT2D eigenvalue weighted by Gasteiger charge is -1.97. The first-order chi connectivity index (χ1) is 6.66. The van der Waals surface area contributed by atoms with Gasteiger partial charge in [0.15, 0.2) is 5.76 Å². The van der Waals surface area contributed by atoms with Gasteiger partial charge in [-0.15, -0.1) is 0 Å². The molecule has 0 unspecified atom stereocenters. The van der Waals surface area contributed by atoms with Gasteiger partial charge in [-0.25, -0.2) is 9.67 Å². The Morgan fingerprint density at radius 3 is 2.86 bits per heavy atom. The lowest BCUT2D eigenvalue weighted by Crippen LogP contribution is -2.18. The molecule has 2 rings (SSSR count). The number of aromatic nitrogens is 3. The van der Waals surface area contributed by atoms with Crippen molar-refractivity contribution in [2.45, 2.75) is 0 Å². The highest BCUT2D eigenvalue weighted by Gasteiger charge is 2.06. The average molecular weight is 212 g/mol. The summed E-state index contributed by atoms with van der Waals surface area (Å²) < 4.78 is 6.25. The van der Waals surface area contributed by atoms with Crippen LogP contribution < -0.4 is 5.56 Å². The van der Waals surface area contributed by atoms with Crippen LogP contribution >= 0.6 is 11.6 Å². The van der Waals surface area contributed by atoms with Crippen molar-refractivity contribution in [3.8, 4) is 11.5 Å². The van der Waals surface area contributed by atoms with Crippen LogP contribution in [-0.2, 0) is 7.05 Å². The second kappa shape index (κ2) is 3.26. The largest absolute Gasteiger partial charge is 0.426 e. The van der Waals surface area contributed by atoms with Gasteiger partial charge >= 0.3 is 0 Å². The molecule has 0 atom stereocenters. The molecule has 0 N–H and O–H groups in total. The van der Waals surface area contributed by atoms with E-state index in [0.29, 0.717) is 11.5 Å². The summed E-state index contributed by atoms with van der Waals surface area (Å²) in [5, 5.41) is 4.02. The van der Waals surface area contributed by atoms with Crippen LogP contribution in [0.15, 0.2) is 27.5 Å². The second-order valence-electron chi connectivity index (χ2n) is 2.66. The lowest BCUT2D eigenvalue weighted by atomic mass is 10.3. The van der Waals surface area contributed by atoms with Crippen molar-refractivity contribution in [1.82, 2.24) is 14.8 Å². The minimum Gasteiger partial charge on any atom is -0.426 e. The van der Waals surface area contributed by atoms with Crippen LogP contribution in [0.3, 0.4) is 0 Å². The summed E-state index contributed by atoms with van der Waals surface area (Å²) >= 11 is 5.51. The van der Waals surface area contributed by atoms with E-state index in [9.17, 15) is 4.79 Å². The summed E-state index contributed by atoms with van der Waals surface area (Å²) in [4.78, 5) is 14.8. The molecule has 5 nitrogen and oxygen atoms in total. The normalized spacial score (nSPS) is 10.4. The molecular formula is C8H6ClN3O2. The predicted octanol–water partition coefficient (Wildman–Crippen LogP) is 1.09. The number of oxazole rings is 1. The molecular weight excluding hydrogens is 206 g/mol. The number of rotatable bonds is 1. The van der Waals surface area contributed by atoms with Crippen LogP contribution in [0.1, 0.15) is 0 Å². The van der Waals surface area contributed by atoms with E-state index in [-0.39, 0.29) is 10.9 Å². The van der Waals surface area contributed by atoms with Gasteiger partial charge in [0.2, 0.25) is 0 Å². The Hall–Kier alpha value is -1.62. The highest BCUT2D eigenvalue weighted by molar-refractivity contribution is 6.27. The first kappa shape index (κ1) is 8.96. The smallest absolute Gasteiger partial charge is 0.292 e. The van der Waals surface area contributed by atoms with Crippen molar-refractivity contribution in [2.75, 3.05) is 0 Å². The zero-order chi connectivity index (χ0) is 10.1. The molecule has 0 saturated carbocycles. The van der Waals surface area contributed by atoms with E-state index in [4.69, 9.17) is 16.0 Å². The number of aryl methyl sites for hydroxylation is 1. The molecule has 0 amide bonds.